The van der Waals surface area contributed by atoms with Gasteiger partial charge in [-0.3, -0.25) is 5.32 Å². The predicted molar refractivity (Wildman–Crippen MR) is 54.7 cm³/mol. The highest BCUT2D eigenvalue weighted by molar-refractivity contribution is 5.13. The molecular formula is C10H19FN2O. The number of hydrogen-bond acceptors (Lipinski definition) is 3. The minimum absolute atomic E-state index is 0.0595. The van der Waals surface area contributed by atoms with Crippen molar-refractivity contribution in [3.63, 3.8) is 0 Å². The van der Waals surface area contributed by atoms with Crippen LogP contribution in [0.5, 0.6) is 0 Å². The van der Waals surface area contributed by atoms with E-state index in [9.17, 15) is 4.39 Å². The zero-order valence-electron chi connectivity index (χ0n) is 8.79. The molecule has 0 amide bonds. The standard InChI is InChI=1S/C10H19FN2O/c1-7(11)6-14-10-4-3-9(5-13-10)8(2)12/h3,7-8,10,13H,4-6,12H2,1-2H3. The van der Waals surface area contributed by atoms with E-state index >= 15 is 0 Å². The summed E-state index contributed by atoms with van der Waals surface area (Å²) in [6, 6.07) is 0.0866. The molecule has 4 heteroatoms. The SMILES string of the molecule is CC(F)COC1CC=C(C(C)N)CN1. The number of hydrogen-bond donors (Lipinski definition) is 2. The molecule has 0 aromatic carbocycles. The summed E-state index contributed by atoms with van der Waals surface area (Å²) in [5, 5.41) is 3.17. The summed E-state index contributed by atoms with van der Waals surface area (Å²) in [6.07, 6.45) is 1.88. The largest absolute Gasteiger partial charge is 0.360 e. The molecule has 0 aromatic rings. The Bertz CT molecular complexity index is 204. The number of ether oxygens (including phenoxy) is 1. The Hall–Kier alpha value is -0.450. The molecule has 0 fully saturated rings. The summed E-state index contributed by atoms with van der Waals surface area (Å²) in [5.41, 5.74) is 6.92. The molecule has 0 bridgehead atoms. The predicted octanol–water partition coefficient (Wildman–Crippen LogP) is 0.954. The molecule has 3 unspecified atom stereocenters. The van der Waals surface area contributed by atoms with Crippen LogP contribution in [0.2, 0.25) is 0 Å². The lowest BCUT2D eigenvalue weighted by Gasteiger charge is -2.25. The molecule has 14 heavy (non-hydrogen) atoms. The highest BCUT2D eigenvalue weighted by Gasteiger charge is 2.16. The number of nitrogens with two attached hydrogens (primary N) is 1. The Morgan fingerprint density at radius 2 is 2.43 bits per heavy atom. The van der Waals surface area contributed by atoms with Gasteiger partial charge in [-0.2, -0.15) is 0 Å². The molecule has 0 spiro atoms. The number of rotatable bonds is 4. The molecule has 0 aromatic heterocycles. The third-order valence-electron chi connectivity index (χ3n) is 2.24. The molecule has 1 rings (SSSR count). The van der Waals surface area contributed by atoms with Gasteiger partial charge in [-0.25, -0.2) is 4.39 Å². The minimum atomic E-state index is -0.907. The van der Waals surface area contributed by atoms with Crippen molar-refractivity contribution in [2.24, 2.45) is 5.73 Å². The molecule has 3 nitrogen and oxygen atoms in total. The number of alkyl halides is 1. The highest BCUT2D eigenvalue weighted by Crippen LogP contribution is 2.10. The van der Waals surface area contributed by atoms with Gasteiger partial charge in [0.15, 0.2) is 0 Å². The fourth-order valence-electron chi connectivity index (χ4n) is 1.37. The molecule has 1 aliphatic rings. The van der Waals surface area contributed by atoms with Crippen molar-refractivity contribution in [2.75, 3.05) is 13.2 Å². The summed E-state index contributed by atoms with van der Waals surface area (Å²) < 4.78 is 17.8. The van der Waals surface area contributed by atoms with Gasteiger partial charge in [-0.05, 0) is 19.4 Å². The Kier molecular flexibility index (Phi) is 4.51. The van der Waals surface area contributed by atoms with Crippen LogP contribution in [0.3, 0.4) is 0 Å². The first-order valence-corrected chi connectivity index (χ1v) is 5.03. The van der Waals surface area contributed by atoms with Gasteiger partial charge < -0.3 is 10.5 Å². The van der Waals surface area contributed by atoms with Gasteiger partial charge in [-0.15, -0.1) is 0 Å². The van der Waals surface area contributed by atoms with Crippen LogP contribution in [0.25, 0.3) is 0 Å². The van der Waals surface area contributed by atoms with Gasteiger partial charge in [0.25, 0.3) is 0 Å². The Morgan fingerprint density at radius 1 is 1.71 bits per heavy atom. The van der Waals surface area contributed by atoms with Gasteiger partial charge in [-0.1, -0.05) is 6.08 Å². The summed E-state index contributed by atoms with van der Waals surface area (Å²) in [7, 11) is 0. The molecule has 3 atom stereocenters. The minimum Gasteiger partial charge on any atom is -0.360 e. The lowest BCUT2D eigenvalue weighted by Crippen LogP contribution is -2.40. The third-order valence-corrected chi connectivity index (χ3v) is 2.24. The van der Waals surface area contributed by atoms with E-state index in [-0.39, 0.29) is 18.9 Å². The first-order chi connectivity index (χ1) is 6.59. The first-order valence-electron chi connectivity index (χ1n) is 5.03. The van der Waals surface area contributed by atoms with Crippen molar-refractivity contribution in [2.45, 2.75) is 38.7 Å². The highest BCUT2D eigenvalue weighted by atomic mass is 19.1. The molecule has 0 aliphatic carbocycles. The van der Waals surface area contributed by atoms with Crippen LogP contribution in [-0.4, -0.2) is 31.6 Å². The second-order valence-electron chi connectivity index (χ2n) is 3.79. The van der Waals surface area contributed by atoms with Crippen molar-refractivity contribution in [1.82, 2.24) is 5.32 Å². The van der Waals surface area contributed by atoms with Crippen LogP contribution in [0, 0.1) is 0 Å². The number of nitrogens with one attached hydrogen (secondary N) is 1. The lowest BCUT2D eigenvalue weighted by molar-refractivity contribution is 0.00424. The van der Waals surface area contributed by atoms with Gasteiger partial charge in [0.05, 0.1) is 6.61 Å². The van der Waals surface area contributed by atoms with Crippen LogP contribution in [-0.2, 0) is 4.74 Å². The van der Waals surface area contributed by atoms with E-state index in [1.807, 2.05) is 6.92 Å². The van der Waals surface area contributed by atoms with Crippen molar-refractivity contribution < 1.29 is 9.13 Å². The maximum atomic E-state index is 12.5. The van der Waals surface area contributed by atoms with E-state index in [2.05, 4.69) is 11.4 Å². The Labute approximate surface area is 84.5 Å². The van der Waals surface area contributed by atoms with E-state index in [1.54, 1.807) is 0 Å². The van der Waals surface area contributed by atoms with Gasteiger partial charge >= 0.3 is 0 Å². The quantitative estimate of drug-likeness (QED) is 0.667. The average molecular weight is 202 g/mol. The van der Waals surface area contributed by atoms with Crippen molar-refractivity contribution in [3.8, 4) is 0 Å². The zero-order chi connectivity index (χ0) is 10.6. The normalized spacial score (nSPS) is 26.9. The maximum absolute atomic E-state index is 12.5. The van der Waals surface area contributed by atoms with E-state index in [0.29, 0.717) is 0 Å². The van der Waals surface area contributed by atoms with Crippen molar-refractivity contribution in [3.05, 3.63) is 11.6 Å². The Morgan fingerprint density at radius 3 is 2.86 bits per heavy atom. The van der Waals surface area contributed by atoms with Crippen LogP contribution in [0.4, 0.5) is 4.39 Å². The lowest BCUT2D eigenvalue weighted by atomic mass is 10.1. The summed E-state index contributed by atoms with van der Waals surface area (Å²) in [4.78, 5) is 0. The molecule has 3 N–H and O–H groups in total. The monoisotopic (exact) mass is 202 g/mol. The Balaban J connectivity index is 2.28. The fourth-order valence-corrected chi connectivity index (χ4v) is 1.37. The molecule has 0 saturated carbocycles. The average Bonchev–Trinajstić information content (AvgIpc) is 2.15. The second kappa shape index (κ2) is 5.44. The first kappa shape index (κ1) is 11.6. The van der Waals surface area contributed by atoms with Crippen LogP contribution < -0.4 is 11.1 Å². The maximum Gasteiger partial charge on any atom is 0.121 e. The summed E-state index contributed by atoms with van der Waals surface area (Å²) in [5.74, 6) is 0. The van der Waals surface area contributed by atoms with Crippen LogP contribution in [0.15, 0.2) is 11.6 Å². The zero-order valence-corrected chi connectivity index (χ0v) is 8.79. The van der Waals surface area contributed by atoms with Crippen LogP contribution in [0.1, 0.15) is 20.3 Å². The van der Waals surface area contributed by atoms with Crippen molar-refractivity contribution >= 4 is 0 Å². The van der Waals surface area contributed by atoms with Crippen molar-refractivity contribution in [1.29, 1.82) is 0 Å². The molecule has 1 aliphatic heterocycles. The fraction of sp³-hybridized carbons (Fsp3) is 0.800. The van der Waals surface area contributed by atoms with E-state index in [1.165, 1.54) is 12.5 Å². The summed E-state index contributed by atoms with van der Waals surface area (Å²) in [6.45, 7) is 4.34. The van der Waals surface area contributed by atoms with Gasteiger partial charge in [0.2, 0.25) is 0 Å². The second-order valence-corrected chi connectivity index (χ2v) is 3.79. The molecule has 1 heterocycles. The smallest absolute Gasteiger partial charge is 0.121 e. The van der Waals surface area contributed by atoms with Gasteiger partial charge in [0, 0.05) is 19.0 Å². The number of halogens is 1. The van der Waals surface area contributed by atoms with Gasteiger partial charge in [0.1, 0.15) is 12.4 Å². The van der Waals surface area contributed by atoms with E-state index < -0.39 is 6.17 Å². The molecular weight excluding hydrogens is 183 g/mol. The molecule has 0 radical (unpaired) electrons. The third kappa shape index (κ3) is 3.74. The van der Waals surface area contributed by atoms with Crippen LogP contribution >= 0.6 is 0 Å². The topological polar surface area (TPSA) is 47.3 Å². The molecule has 0 saturated heterocycles. The molecule has 82 valence electrons. The van der Waals surface area contributed by atoms with E-state index in [0.717, 1.165) is 13.0 Å². The summed E-state index contributed by atoms with van der Waals surface area (Å²) >= 11 is 0. The van der Waals surface area contributed by atoms with E-state index in [4.69, 9.17) is 10.5 Å².